The van der Waals surface area contributed by atoms with Crippen molar-refractivity contribution < 1.29 is 8.42 Å². The molecule has 0 aliphatic heterocycles. The summed E-state index contributed by atoms with van der Waals surface area (Å²) < 4.78 is 24.1. The Bertz CT molecular complexity index is 360. The molecule has 3 nitrogen and oxygen atoms in total. The summed E-state index contributed by atoms with van der Waals surface area (Å²) >= 11 is 0. The summed E-state index contributed by atoms with van der Waals surface area (Å²) in [6.45, 7) is 2.92. The van der Waals surface area contributed by atoms with Crippen LogP contribution in [0.1, 0.15) is 58.3 Å². The van der Waals surface area contributed by atoms with Crippen LogP contribution < -0.4 is 5.32 Å². The fraction of sp³-hybridized carbons (Fsp3) is 1.00. The molecule has 2 atom stereocenters. The number of sulfone groups is 1. The molecule has 0 heterocycles. The number of hydrogen-bond acceptors (Lipinski definition) is 3. The van der Waals surface area contributed by atoms with Crippen molar-refractivity contribution >= 4 is 9.84 Å². The van der Waals surface area contributed by atoms with E-state index in [1.165, 1.54) is 38.5 Å². The summed E-state index contributed by atoms with van der Waals surface area (Å²) in [7, 11) is -2.85. The van der Waals surface area contributed by atoms with Crippen LogP contribution >= 0.6 is 0 Å². The molecule has 0 aromatic heterocycles. The van der Waals surface area contributed by atoms with Crippen molar-refractivity contribution in [1.82, 2.24) is 5.32 Å². The summed E-state index contributed by atoms with van der Waals surface area (Å²) in [5.74, 6) is 1.90. The van der Waals surface area contributed by atoms with Crippen molar-refractivity contribution in [3.05, 3.63) is 0 Å². The van der Waals surface area contributed by atoms with E-state index in [1.807, 2.05) is 0 Å². The topological polar surface area (TPSA) is 46.2 Å². The van der Waals surface area contributed by atoms with Gasteiger partial charge in [-0.15, -0.1) is 0 Å². The van der Waals surface area contributed by atoms with Crippen LogP contribution in [0.2, 0.25) is 0 Å². The molecule has 4 heteroatoms. The Morgan fingerprint density at radius 2 is 1.63 bits per heavy atom. The highest BCUT2D eigenvalue weighted by Gasteiger charge is 2.24. The van der Waals surface area contributed by atoms with Crippen LogP contribution in [0.4, 0.5) is 0 Å². The molecule has 2 aliphatic rings. The van der Waals surface area contributed by atoms with Crippen LogP contribution in [0.3, 0.4) is 0 Å². The van der Waals surface area contributed by atoms with Gasteiger partial charge in [0, 0.05) is 12.6 Å². The molecule has 0 bridgehead atoms. The van der Waals surface area contributed by atoms with Crippen LogP contribution in [-0.2, 0) is 9.84 Å². The second kappa shape index (κ2) is 7.07. The van der Waals surface area contributed by atoms with E-state index in [2.05, 4.69) is 12.2 Å². The number of nitrogens with one attached hydrogen (secondary N) is 1. The average Bonchev–Trinajstić information content (AvgIpc) is 2.83. The molecule has 1 N–H and O–H groups in total. The minimum absolute atomic E-state index is 0.326. The van der Waals surface area contributed by atoms with Crippen LogP contribution in [0.25, 0.3) is 0 Å². The Balaban J connectivity index is 1.68. The molecule has 0 amide bonds. The summed E-state index contributed by atoms with van der Waals surface area (Å²) in [6, 6.07) is 0.537. The molecule has 112 valence electrons. The van der Waals surface area contributed by atoms with Crippen molar-refractivity contribution in [1.29, 1.82) is 0 Å². The normalized spacial score (nSPS) is 29.7. The minimum Gasteiger partial charge on any atom is -0.313 e. The van der Waals surface area contributed by atoms with Crippen molar-refractivity contribution in [2.75, 3.05) is 18.1 Å². The molecule has 2 rings (SSSR count). The summed E-state index contributed by atoms with van der Waals surface area (Å²) in [4.78, 5) is 0. The smallest absolute Gasteiger partial charge is 0.151 e. The van der Waals surface area contributed by atoms with E-state index in [9.17, 15) is 8.42 Å². The maximum atomic E-state index is 12.1. The molecule has 2 aliphatic carbocycles. The van der Waals surface area contributed by atoms with Gasteiger partial charge in [-0.3, -0.25) is 0 Å². The molecule has 0 aromatic rings. The van der Waals surface area contributed by atoms with E-state index in [0.29, 0.717) is 35.9 Å². The predicted octanol–water partition coefficient (Wildman–Crippen LogP) is 2.76. The van der Waals surface area contributed by atoms with Crippen LogP contribution in [0.15, 0.2) is 0 Å². The lowest BCUT2D eigenvalue weighted by Gasteiger charge is -2.29. The molecule has 2 unspecified atom stereocenters. The van der Waals surface area contributed by atoms with Crippen LogP contribution in [0, 0.1) is 11.8 Å². The maximum Gasteiger partial charge on any atom is 0.151 e. The second-order valence-electron chi connectivity index (χ2n) is 6.59. The van der Waals surface area contributed by atoms with Gasteiger partial charge in [0.2, 0.25) is 0 Å². The summed E-state index contributed by atoms with van der Waals surface area (Å²) in [5.41, 5.74) is 0. The third kappa shape index (κ3) is 5.07. The Labute approximate surface area is 118 Å². The van der Waals surface area contributed by atoms with Gasteiger partial charge in [0.15, 0.2) is 9.84 Å². The van der Waals surface area contributed by atoms with E-state index in [-0.39, 0.29) is 0 Å². The molecular formula is C15H29NO2S. The number of rotatable bonds is 6. The molecule has 0 saturated heterocycles. The van der Waals surface area contributed by atoms with Gasteiger partial charge >= 0.3 is 0 Å². The van der Waals surface area contributed by atoms with Crippen molar-refractivity contribution in [3.8, 4) is 0 Å². The summed E-state index contributed by atoms with van der Waals surface area (Å²) in [5, 5.41) is 3.47. The largest absolute Gasteiger partial charge is 0.313 e. The molecule has 19 heavy (non-hydrogen) atoms. The SMILES string of the molecule is CC1CCCCC1NCCS(=O)(=O)CC1CCCC1. The van der Waals surface area contributed by atoms with Gasteiger partial charge in [0.25, 0.3) is 0 Å². The van der Waals surface area contributed by atoms with Gasteiger partial charge in [0.1, 0.15) is 0 Å². The highest BCUT2D eigenvalue weighted by molar-refractivity contribution is 7.91. The maximum absolute atomic E-state index is 12.1. The van der Waals surface area contributed by atoms with E-state index in [1.54, 1.807) is 0 Å². The first-order chi connectivity index (χ1) is 9.07. The van der Waals surface area contributed by atoms with E-state index in [4.69, 9.17) is 0 Å². The van der Waals surface area contributed by atoms with E-state index in [0.717, 1.165) is 12.8 Å². The van der Waals surface area contributed by atoms with E-state index >= 15 is 0 Å². The monoisotopic (exact) mass is 287 g/mol. The van der Waals surface area contributed by atoms with Gasteiger partial charge in [0.05, 0.1) is 11.5 Å². The average molecular weight is 287 g/mol. The first-order valence-electron chi connectivity index (χ1n) is 8.00. The third-order valence-corrected chi connectivity index (χ3v) is 6.70. The van der Waals surface area contributed by atoms with Crippen LogP contribution in [-0.4, -0.2) is 32.5 Å². The molecular weight excluding hydrogens is 258 g/mol. The van der Waals surface area contributed by atoms with Gasteiger partial charge in [-0.05, 0) is 37.5 Å². The first-order valence-corrected chi connectivity index (χ1v) is 9.83. The van der Waals surface area contributed by atoms with Crippen LogP contribution in [0.5, 0.6) is 0 Å². The quantitative estimate of drug-likeness (QED) is 0.817. The van der Waals surface area contributed by atoms with Gasteiger partial charge in [-0.25, -0.2) is 8.42 Å². The zero-order valence-corrected chi connectivity index (χ0v) is 13.1. The van der Waals surface area contributed by atoms with E-state index < -0.39 is 9.84 Å². The molecule has 0 spiro atoms. The highest BCUT2D eigenvalue weighted by Crippen LogP contribution is 2.26. The minimum atomic E-state index is -2.85. The lowest BCUT2D eigenvalue weighted by Crippen LogP contribution is -2.40. The lowest BCUT2D eigenvalue weighted by atomic mass is 9.86. The standard InChI is InChI=1S/C15H29NO2S/c1-13-6-2-5-9-15(13)16-10-11-19(17,18)12-14-7-3-4-8-14/h13-16H,2-12H2,1H3. The van der Waals surface area contributed by atoms with Gasteiger partial charge in [-0.1, -0.05) is 32.6 Å². The van der Waals surface area contributed by atoms with Gasteiger partial charge < -0.3 is 5.32 Å². The number of hydrogen-bond donors (Lipinski definition) is 1. The van der Waals surface area contributed by atoms with Gasteiger partial charge in [-0.2, -0.15) is 0 Å². The molecule has 2 saturated carbocycles. The second-order valence-corrected chi connectivity index (χ2v) is 8.82. The Kier molecular flexibility index (Phi) is 5.70. The van der Waals surface area contributed by atoms with Crippen molar-refractivity contribution in [2.45, 2.75) is 64.3 Å². The van der Waals surface area contributed by atoms with Crippen molar-refractivity contribution in [3.63, 3.8) is 0 Å². The molecule has 0 radical (unpaired) electrons. The fourth-order valence-corrected chi connectivity index (χ4v) is 5.29. The zero-order valence-electron chi connectivity index (χ0n) is 12.2. The fourth-order valence-electron chi connectivity index (χ4n) is 3.64. The Morgan fingerprint density at radius 1 is 1.00 bits per heavy atom. The molecule has 0 aromatic carbocycles. The lowest BCUT2D eigenvalue weighted by molar-refractivity contribution is 0.285. The zero-order chi connectivity index (χ0) is 13.7. The Hall–Kier alpha value is -0.0900. The third-order valence-electron chi connectivity index (χ3n) is 4.90. The molecule has 2 fully saturated rings. The predicted molar refractivity (Wildman–Crippen MR) is 80.0 cm³/mol. The highest BCUT2D eigenvalue weighted by atomic mass is 32.2. The first kappa shape index (κ1) is 15.3. The Morgan fingerprint density at radius 3 is 2.32 bits per heavy atom. The van der Waals surface area contributed by atoms with Crippen molar-refractivity contribution in [2.24, 2.45) is 11.8 Å². The summed E-state index contributed by atoms with van der Waals surface area (Å²) in [6.07, 6.45) is 9.79.